The van der Waals surface area contributed by atoms with Crippen molar-refractivity contribution in [3.63, 3.8) is 0 Å². The average molecular weight is 276 g/mol. The molecule has 0 aliphatic carbocycles. The highest BCUT2D eigenvalue weighted by Crippen LogP contribution is 2.33. The van der Waals surface area contributed by atoms with E-state index in [0.717, 1.165) is 18.6 Å². The van der Waals surface area contributed by atoms with Crippen molar-refractivity contribution in [2.24, 2.45) is 0 Å². The zero-order chi connectivity index (χ0) is 13.7. The molecule has 0 rings (SSSR count). The van der Waals surface area contributed by atoms with E-state index in [-0.39, 0.29) is 0 Å². The molecule has 18 heavy (non-hydrogen) atoms. The third-order valence-electron chi connectivity index (χ3n) is 3.23. The van der Waals surface area contributed by atoms with Crippen LogP contribution in [0.4, 0.5) is 0 Å². The van der Waals surface area contributed by atoms with Gasteiger partial charge in [0.05, 0.1) is 0 Å². The van der Waals surface area contributed by atoms with Gasteiger partial charge in [-0.15, -0.1) is 0 Å². The Morgan fingerprint density at radius 1 is 0.778 bits per heavy atom. The summed E-state index contributed by atoms with van der Waals surface area (Å²) in [6.07, 6.45) is 11.5. The predicted molar refractivity (Wildman–Crippen MR) is 82.1 cm³/mol. The summed E-state index contributed by atoms with van der Waals surface area (Å²) in [5.41, 5.74) is 0. The third-order valence-corrected chi connectivity index (χ3v) is 4.82. The number of unbranched alkanes of at least 4 members (excludes halogenated alkanes) is 6. The Morgan fingerprint density at radius 2 is 1.33 bits per heavy atom. The lowest BCUT2D eigenvalue weighted by Gasteiger charge is -2.30. The molecule has 3 heteroatoms. The van der Waals surface area contributed by atoms with Crippen LogP contribution in [0, 0.1) is 0 Å². The molecule has 0 amide bonds. The Hall–Kier alpha value is 0.270. The van der Waals surface area contributed by atoms with Crippen LogP contribution in [-0.2, 0) is 9.47 Å². The van der Waals surface area contributed by atoms with E-state index in [4.69, 9.17) is 9.47 Å². The molecule has 0 unspecified atom stereocenters. The fraction of sp³-hybridized carbons (Fsp3) is 1.00. The molecule has 2 nitrogen and oxygen atoms in total. The van der Waals surface area contributed by atoms with Crippen LogP contribution < -0.4 is 0 Å². The largest absolute Gasteiger partial charge is 0.345 e. The molecule has 0 spiro atoms. The van der Waals surface area contributed by atoms with Gasteiger partial charge in [0, 0.05) is 20.6 Å². The molecular weight excluding hydrogens is 244 g/mol. The fourth-order valence-electron chi connectivity index (χ4n) is 2.03. The molecule has 0 aromatic rings. The second-order valence-electron chi connectivity index (χ2n) is 4.81. The third kappa shape index (κ3) is 8.39. The number of methoxy groups -OCH3 is 2. The molecular formula is C15H32O2S. The highest BCUT2D eigenvalue weighted by Gasteiger charge is 2.28. The van der Waals surface area contributed by atoms with Gasteiger partial charge in [0.1, 0.15) is 0 Å². The lowest BCUT2D eigenvalue weighted by atomic mass is 10.1. The van der Waals surface area contributed by atoms with Gasteiger partial charge < -0.3 is 9.47 Å². The fourth-order valence-corrected chi connectivity index (χ4v) is 3.07. The van der Waals surface area contributed by atoms with Gasteiger partial charge in [-0.25, -0.2) is 0 Å². The van der Waals surface area contributed by atoms with Crippen molar-refractivity contribution in [3.05, 3.63) is 0 Å². The number of ether oxygens (including phenoxy) is 2. The molecule has 0 heterocycles. The second kappa shape index (κ2) is 12.3. The summed E-state index contributed by atoms with van der Waals surface area (Å²) < 4.78 is 11.2. The van der Waals surface area contributed by atoms with Crippen molar-refractivity contribution in [1.29, 1.82) is 0 Å². The first kappa shape index (κ1) is 18.3. The monoisotopic (exact) mass is 276 g/mol. The molecule has 0 saturated carbocycles. The van der Waals surface area contributed by atoms with Crippen molar-refractivity contribution in [1.82, 2.24) is 0 Å². The molecule has 0 aromatic carbocycles. The van der Waals surface area contributed by atoms with Gasteiger partial charge in [-0.2, -0.15) is 0 Å². The van der Waals surface area contributed by atoms with Crippen LogP contribution in [-0.4, -0.2) is 25.1 Å². The standard InChI is InChI=1S/C15H32O2S/c1-5-7-8-9-10-11-12-13-15(16-3,17-4)18-14-6-2/h5-14H2,1-4H3. The summed E-state index contributed by atoms with van der Waals surface area (Å²) in [5, 5.41) is -0.403. The minimum Gasteiger partial charge on any atom is -0.345 e. The zero-order valence-corrected chi connectivity index (χ0v) is 13.6. The van der Waals surface area contributed by atoms with E-state index >= 15 is 0 Å². The van der Waals surface area contributed by atoms with E-state index in [2.05, 4.69) is 13.8 Å². The molecule has 0 bridgehead atoms. The summed E-state index contributed by atoms with van der Waals surface area (Å²) in [4.78, 5) is 0. The van der Waals surface area contributed by atoms with E-state index < -0.39 is 5.12 Å². The Morgan fingerprint density at radius 3 is 1.83 bits per heavy atom. The summed E-state index contributed by atoms with van der Waals surface area (Å²) in [6.45, 7) is 4.45. The Labute approximate surface area is 118 Å². The molecule has 0 aliphatic heterocycles. The van der Waals surface area contributed by atoms with Crippen LogP contribution in [0.1, 0.15) is 71.6 Å². The number of hydrogen-bond acceptors (Lipinski definition) is 3. The maximum absolute atomic E-state index is 5.58. The van der Waals surface area contributed by atoms with Gasteiger partial charge in [-0.1, -0.05) is 64.1 Å². The molecule has 0 aliphatic rings. The van der Waals surface area contributed by atoms with Crippen molar-refractivity contribution in [2.45, 2.75) is 76.8 Å². The van der Waals surface area contributed by atoms with Crippen molar-refractivity contribution < 1.29 is 9.47 Å². The van der Waals surface area contributed by atoms with Gasteiger partial charge in [0.25, 0.3) is 0 Å². The number of thioether (sulfide) groups is 1. The molecule has 0 N–H and O–H groups in total. The van der Waals surface area contributed by atoms with Crippen LogP contribution in [0.5, 0.6) is 0 Å². The summed E-state index contributed by atoms with van der Waals surface area (Å²) in [5.74, 6) is 1.10. The highest BCUT2D eigenvalue weighted by molar-refractivity contribution is 8.00. The van der Waals surface area contributed by atoms with Gasteiger partial charge in [0.15, 0.2) is 0 Å². The SMILES string of the molecule is CCCCCCCCCC(OC)(OC)SCCC. The van der Waals surface area contributed by atoms with E-state index in [1.807, 2.05) is 0 Å². The van der Waals surface area contributed by atoms with Gasteiger partial charge in [-0.3, -0.25) is 0 Å². The van der Waals surface area contributed by atoms with Gasteiger partial charge in [0.2, 0.25) is 5.12 Å². The average Bonchev–Trinajstić information content (AvgIpc) is 2.42. The quantitative estimate of drug-likeness (QED) is 0.339. The zero-order valence-electron chi connectivity index (χ0n) is 12.8. The summed E-state index contributed by atoms with van der Waals surface area (Å²) in [7, 11) is 3.51. The molecule has 0 fully saturated rings. The normalized spacial score (nSPS) is 12.0. The van der Waals surface area contributed by atoms with Crippen LogP contribution in [0.25, 0.3) is 0 Å². The van der Waals surface area contributed by atoms with E-state index in [1.165, 1.54) is 44.9 Å². The van der Waals surface area contributed by atoms with E-state index in [9.17, 15) is 0 Å². The Bertz CT molecular complexity index is 170. The maximum atomic E-state index is 5.58. The Balaban J connectivity index is 3.69. The smallest absolute Gasteiger partial charge is 0.217 e. The molecule has 0 saturated heterocycles. The van der Waals surface area contributed by atoms with Crippen LogP contribution in [0.2, 0.25) is 0 Å². The molecule has 0 atom stereocenters. The van der Waals surface area contributed by atoms with Crippen LogP contribution in [0.15, 0.2) is 0 Å². The predicted octanol–water partition coefficient (Wildman–Crippen LogP) is 5.22. The number of rotatable bonds is 13. The first-order chi connectivity index (χ1) is 8.74. The lowest BCUT2D eigenvalue weighted by molar-refractivity contribution is -0.138. The lowest BCUT2D eigenvalue weighted by Crippen LogP contribution is -2.30. The van der Waals surface area contributed by atoms with E-state index in [0.29, 0.717) is 0 Å². The van der Waals surface area contributed by atoms with Gasteiger partial charge >= 0.3 is 0 Å². The summed E-state index contributed by atoms with van der Waals surface area (Å²) in [6, 6.07) is 0. The van der Waals surface area contributed by atoms with Crippen molar-refractivity contribution >= 4 is 11.8 Å². The van der Waals surface area contributed by atoms with Gasteiger partial charge in [-0.05, 0) is 18.6 Å². The highest BCUT2D eigenvalue weighted by atomic mass is 32.2. The van der Waals surface area contributed by atoms with Crippen molar-refractivity contribution in [3.8, 4) is 0 Å². The molecule has 0 radical (unpaired) electrons. The minimum absolute atomic E-state index is 0.403. The summed E-state index contributed by atoms with van der Waals surface area (Å²) >= 11 is 1.80. The molecule has 110 valence electrons. The topological polar surface area (TPSA) is 18.5 Å². The maximum Gasteiger partial charge on any atom is 0.217 e. The minimum atomic E-state index is -0.403. The Kier molecular flexibility index (Phi) is 12.5. The second-order valence-corrected chi connectivity index (χ2v) is 6.13. The van der Waals surface area contributed by atoms with Crippen molar-refractivity contribution in [2.75, 3.05) is 20.0 Å². The van der Waals surface area contributed by atoms with Crippen LogP contribution in [0.3, 0.4) is 0 Å². The first-order valence-corrected chi connectivity index (χ1v) is 8.47. The first-order valence-electron chi connectivity index (χ1n) is 7.49. The van der Waals surface area contributed by atoms with E-state index in [1.54, 1.807) is 26.0 Å². The number of hydrogen-bond donors (Lipinski definition) is 0. The van der Waals surface area contributed by atoms with Crippen LogP contribution >= 0.6 is 11.8 Å². The molecule has 0 aromatic heterocycles.